The maximum Gasteiger partial charge on any atom is 0.339 e. The minimum atomic E-state index is -1.15. The summed E-state index contributed by atoms with van der Waals surface area (Å²) in [6, 6.07) is 15.5. The lowest BCUT2D eigenvalue weighted by Crippen LogP contribution is -2.26. The number of H-pyrrole nitrogens is 1. The smallest absolute Gasteiger partial charge is 0.339 e. The first-order valence-electron chi connectivity index (χ1n) is 11.5. The molecule has 2 aromatic carbocycles. The highest BCUT2D eigenvalue weighted by Gasteiger charge is 2.20. The van der Waals surface area contributed by atoms with Gasteiger partial charge in [0.1, 0.15) is 23.2 Å². The van der Waals surface area contributed by atoms with Crippen molar-refractivity contribution in [3.05, 3.63) is 83.4 Å². The van der Waals surface area contributed by atoms with Gasteiger partial charge in [0.25, 0.3) is 11.8 Å². The maximum atomic E-state index is 12.5. The number of anilines is 1. The van der Waals surface area contributed by atoms with Crippen molar-refractivity contribution < 1.29 is 24.2 Å². The molecule has 5 rings (SSSR count). The van der Waals surface area contributed by atoms with Gasteiger partial charge in [-0.2, -0.15) is 0 Å². The molecule has 1 aliphatic heterocycles. The van der Waals surface area contributed by atoms with E-state index in [2.05, 4.69) is 44.6 Å². The predicted octanol–water partition coefficient (Wildman–Crippen LogP) is 2.67. The van der Waals surface area contributed by atoms with Gasteiger partial charge in [0.05, 0.1) is 11.2 Å². The zero-order valence-electron chi connectivity index (χ0n) is 20.0. The van der Waals surface area contributed by atoms with Crippen molar-refractivity contribution in [3.8, 4) is 5.75 Å². The number of carbonyl (C=O) groups is 3. The number of rotatable bonds is 6. The molecule has 37 heavy (non-hydrogen) atoms. The van der Waals surface area contributed by atoms with Gasteiger partial charge in [0.2, 0.25) is 0 Å². The quantitative estimate of drug-likeness (QED) is 0.268. The fraction of sp³-hybridized carbons (Fsp3) is 0.192. The molecule has 0 spiro atoms. The Kier molecular flexibility index (Phi) is 7.74. The van der Waals surface area contributed by atoms with Crippen LogP contribution in [0.15, 0.2) is 61.1 Å². The number of aromatic nitrogens is 3. The monoisotopic (exact) mass is 502 g/mol. The fourth-order valence-electron chi connectivity index (χ4n) is 3.70. The number of carbonyl (C=O) groups excluding carboxylic acids is 2. The normalized spacial score (nSPS) is 12.9. The van der Waals surface area contributed by atoms with Crippen LogP contribution in [0, 0.1) is 0 Å². The van der Waals surface area contributed by atoms with Crippen molar-refractivity contribution in [2.75, 3.05) is 18.5 Å². The zero-order chi connectivity index (χ0) is 26.4. The summed E-state index contributed by atoms with van der Waals surface area (Å²) in [7, 11) is 0. The highest BCUT2D eigenvalue weighted by molar-refractivity contribution is 6.08. The number of nitrogens with two attached hydrogens (primary N) is 1. The van der Waals surface area contributed by atoms with Gasteiger partial charge in [-0.05, 0) is 35.7 Å². The second-order valence-corrected chi connectivity index (χ2v) is 8.35. The van der Waals surface area contributed by atoms with E-state index in [9.17, 15) is 14.4 Å². The molecule has 0 unspecified atom stereocenters. The first-order chi connectivity index (χ1) is 17.9. The van der Waals surface area contributed by atoms with Crippen LogP contribution in [0.25, 0.3) is 11.0 Å². The van der Waals surface area contributed by atoms with Gasteiger partial charge < -0.3 is 31.2 Å². The van der Waals surface area contributed by atoms with Crippen molar-refractivity contribution in [2.45, 2.75) is 19.4 Å². The molecule has 2 amide bonds. The van der Waals surface area contributed by atoms with Gasteiger partial charge in [0.15, 0.2) is 12.3 Å². The number of hydrogen-bond donors (Lipinski definition) is 5. The van der Waals surface area contributed by atoms with Crippen LogP contribution in [0.2, 0.25) is 0 Å². The van der Waals surface area contributed by atoms with E-state index in [0.29, 0.717) is 17.4 Å². The second kappa shape index (κ2) is 11.3. The molecule has 0 fully saturated rings. The van der Waals surface area contributed by atoms with E-state index >= 15 is 0 Å². The molecule has 6 N–H and O–H groups in total. The molecule has 1 aliphatic rings. The molecule has 0 saturated carbocycles. The number of hydrogen-bond acceptors (Lipinski definition) is 7. The van der Waals surface area contributed by atoms with E-state index in [0.717, 1.165) is 18.4 Å². The highest BCUT2D eigenvalue weighted by Crippen LogP contribution is 2.28. The third-order valence-electron chi connectivity index (χ3n) is 5.76. The molecule has 0 bridgehead atoms. The molecule has 0 saturated heterocycles. The molecule has 11 nitrogen and oxygen atoms in total. The molecule has 4 aromatic rings. The molecule has 3 heterocycles. The topological polar surface area (TPSA) is 172 Å². The molecule has 2 aromatic heterocycles. The summed E-state index contributed by atoms with van der Waals surface area (Å²) < 4.78 is 5.29. The Morgan fingerprint density at radius 1 is 1.19 bits per heavy atom. The van der Waals surface area contributed by atoms with Crippen LogP contribution in [0.4, 0.5) is 5.69 Å². The number of nitrogens with zero attached hydrogens (tertiary/aromatic N) is 2. The Labute approximate surface area is 212 Å². The minimum Gasteiger partial charge on any atom is -0.482 e. The van der Waals surface area contributed by atoms with E-state index in [-0.39, 0.29) is 41.3 Å². The van der Waals surface area contributed by atoms with Crippen LogP contribution in [-0.2, 0) is 11.3 Å². The second-order valence-electron chi connectivity index (χ2n) is 8.35. The number of fused-ring (bicyclic) bond motifs is 2. The molecule has 190 valence electrons. The molecular weight excluding hydrogens is 476 g/mol. The van der Waals surface area contributed by atoms with Crippen LogP contribution in [0.5, 0.6) is 5.75 Å². The number of amides is 2. The van der Waals surface area contributed by atoms with Gasteiger partial charge in [-0.15, -0.1) is 0 Å². The Morgan fingerprint density at radius 3 is 2.70 bits per heavy atom. The van der Waals surface area contributed by atoms with E-state index in [1.165, 1.54) is 11.8 Å². The SMILES string of the molecule is C[C@H](CN)c1ccccc1.O=C1COc2ccc(CNC(=O)c3ncnc4c(C(=O)O)c[nH]c34)cc2N1. The fourth-order valence-corrected chi connectivity index (χ4v) is 3.70. The van der Waals surface area contributed by atoms with E-state index < -0.39 is 11.9 Å². The van der Waals surface area contributed by atoms with Crippen LogP contribution >= 0.6 is 0 Å². The van der Waals surface area contributed by atoms with Crippen LogP contribution in [0.1, 0.15) is 44.8 Å². The standard InChI is InChI=1S/C17H13N5O5.C9H13N/c23-12-6-27-11-2-1-8(3-10(11)22-12)4-19-16(24)15-14-13(20-7-21-15)9(5-18-14)17(25)26;1-8(7-10)9-5-3-2-4-6-9/h1-3,5,7,18H,4,6H2,(H,19,24)(H,22,23)(H,25,26);2-6,8H,7,10H2,1H3/t;8-/m.1/s1. The lowest BCUT2D eigenvalue weighted by molar-refractivity contribution is -0.118. The van der Waals surface area contributed by atoms with Gasteiger partial charge in [-0.1, -0.05) is 43.3 Å². The first-order valence-corrected chi connectivity index (χ1v) is 11.5. The highest BCUT2D eigenvalue weighted by atomic mass is 16.5. The molecular formula is C26H26N6O5. The summed E-state index contributed by atoms with van der Waals surface area (Å²) in [4.78, 5) is 45.7. The van der Waals surface area contributed by atoms with Gasteiger partial charge in [-0.3, -0.25) is 9.59 Å². The molecule has 1 atom stereocenters. The Hall–Kier alpha value is -4.77. The van der Waals surface area contributed by atoms with E-state index in [1.807, 2.05) is 18.2 Å². The zero-order valence-corrected chi connectivity index (χ0v) is 20.0. The molecule has 0 radical (unpaired) electrons. The minimum absolute atomic E-state index is 0.0265. The van der Waals surface area contributed by atoms with E-state index in [1.54, 1.807) is 18.2 Å². The number of ether oxygens (including phenoxy) is 1. The number of aromatic amines is 1. The van der Waals surface area contributed by atoms with Crippen molar-refractivity contribution in [2.24, 2.45) is 5.73 Å². The summed E-state index contributed by atoms with van der Waals surface area (Å²) in [6.45, 7) is 3.01. The largest absolute Gasteiger partial charge is 0.482 e. The Morgan fingerprint density at radius 2 is 1.97 bits per heavy atom. The van der Waals surface area contributed by atoms with Gasteiger partial charge in [0, 0.05) is 12.7 Å². The number of benzene rings is 2. The summed E-state index contributed by atoms with van der Waals surface area (Å²) in [5, 5.41) is 14.6. The third-order valence-corrected chi connectivity index (χ3v) is 5.76. The average molecular weight is 503 g/mol. The number of aromatic carboxylic acids is 1. The summed E-state index contributed by atoms with van der Waals surface area (Å²) in [5.74, 6) is -0.826. The van der Waals surface area contributed by atoms with E-state index in [4.69, 9.17) is 15.6 Å². The lowest BCUT2D eigenvalue weighted by Gasteiger charge is -2.18. The summed E-state index contributed by atoms with van der Waals surface area (Å²) >= 11 is 0. The average Bonchev–Trinajstić information content (AvgIpc) is 3.36. The predicted molar refractivity (Wildman–Crippen MR) is 136 cm³/mol. The van der Waals surface area contributed by atoms with Gasteiger partial charge >= 0.3 is 5.97 Å². The number of nitrogens with one attached hydrogen (secondary N) is 3. The van der Waals surface area contributed by atoms with Crippen molar-refractivity contribution >= 4 is 34.5 Å². The number of carboxylic acids is 1. The molecule has 0 aliphatic carbocycles. The first kappa shape index (κ1) is 25.3. The maximum absolute atomic E-state index is 12.5. The summed E-state index contributed by atoms with van der Waals surface area (Å²) in [5.41, 5.74) is 8.53. The van der Waals surface area contributed by atoms with Gasteiger partial charge in [-0.25, -0.2) is 14.8 Å². The van der Waals surface area contributed by atoms with Crippen LogP contribution in [-0.4, -0.2) is 51.0 Å². The molecule has 11 heteroatoms. The Bertz CT molecular complexity index is 1440. The van der Waals surface area contributed by atoms with Crippen LogP contribution < -0.4 is 21.1 Å². The van der Waals surface area contributed by atoms with Crippen molar-refractivity contribution in [1.82, 2.24) is 20.3 Å². The van der Waals surface area contributed by atoms with Crippen molar-refractivity contribution in [3.63, 3.8) is 0 Å². The lowest BCUT2D eigenvalue weighted by atomic mass is 10.0. The Balaban J connectivity index is 0.000000270. The third kappa shape index (κ3) is 5.90. The van der Waals surface area contributed by atoms with Crippen LogP contribution in [0.3, 0.4) is 0 Å². The van der Waals surface area contributed by atoms with Crippen molar-refractivity contribution in [1.29, 1.82) is 0 Å². The summed E-state index contributed by atoms with van der Waals surface area (Å²) in [6.07, 6.45) is 2.41. The number of carboxylic acid groups (broad SMARTS) is 1.